The van der Waals surface area contributed by atoms with Crippen LogP contribution in [0.2, 0.25) is 5.02 Å². The fourth-order valence-corrected chi connectivity index (χ4v) is 3.12. The zero-order valence-electron chi connectivity index (χ0n) is 15.5. The molecule has 0 fully saturated rings. The molecule has 31 heavy (non-hydrogen) atoms. The second-order valence-electron chi connectivity index (χ2n) is 6.44. The molecular weight excluding hydrogens is 429 g/mol. The highest BCUT2D eigenvalue weighted by Crippen LogP contribution is 2.36. The Morgan fingerprint density at radius 1 is 1.16 bits per heavy atom. The lowest BCUT2D eigenvalue weighted by atomic mass is 10.1. The molecule has 0 amide bonds. The average molecular weight is 441 g/mol. The Morgan fingerprint density at radius 2 is 1.90 bits per heavy atom. The van der Waals surface area contributed by atoms with Crippen LogP contribution in [0.3, 0.4) is 0 Å². The molecule has 0 aromatic heterocycles. The molecule has 1 heterocycles. The number of anilines is 1. The molecule has 0 radical (unpaired) electrons. The van der Waals surface area contributed by atoms with E-state index in [1.165, 1.54) is 66.7 Å². The van der Waals surface area contributed by atoms with Crippen LogP contribution in [-0.2, 0) is 0 Å². The number of benzene rings is 3. The Balaban J connectivity index is 1.54. The van der Waals surface area contributed by atoms with E-state index in [0.29, 0.717) is 0 Å². The second-order valence-corrected chi connectivity index (χ2v) is 6.85. The van der Waals surface area contributed by atoms with Crippen molar-refractivity contribution in [2.75, 3.05) is 5.23 Å². The van der Waals surface area contributed by atoms with E-state index in [1.54, 1.807) is 0 Å². The number of halogens is 2. The van der Waals surface area contributed by atoms with Crippen molar-refractivity contribution in [1.29, 1.82) is 0 Å². The highest BCUT2D eigenvalue weighted by Gasteiger charge is 2.28. The Kier molecular flexibility index (Phi) is 5.43. The molecule has 0 aliphatic carbocycles. The first-order valence-corrected chi connectivity index (χ1v) is 9.22. The molecule has 0 saturated heterocycles. The molecule has 1 N–H and O–H groups in total. The van der Waals surface area contributed by atoms with Gasteiger partial charge in [0.05, 0.1) is 21.8 Å². The van der Waals surface area contributed by atoms with Crippen LogP contribution in [-0.4, -0.2) is 17.0 Å². The Labute approximate surface area is 180 Å². The van der Waals surface area contributed by atoms with E-state index in [0.717, 1.165) is 0 Å². The number of carbonyl (C=O) groups excluding carboxylic acids is 2. The second kappa shape index (κ2) is 8.19. The van der Waals surface area contributed by atoms with Gasteiger partial charge in [-0.1, -0.05) is 17.7 Å². The van der Waals surface area contributed by atoms with Crippen molar-refractivity contribution < 1.29 is 28.7 Å². The maximum absolute atomic E-state index is 14.0. The number of carbonyl (C=O) groups is 2. The molecule has 156 valence electrons. The summed E-state index contributed by atoms with van der Waals surface area (Å²) in [5.41, 5.74) is 0.337. The lowest BCUT2D eigenvalue weighted by Crippen LogP contribution is -2.10. The average Bonchev–Trinajstić information content (AvgIpc) is 3.05. The Bertz CT molecular complexity index is 1200. The minimum Gasteiger partial charge on any atom is -0.733 e. The van der Waals surface area contributed by atoms with Crippen molar-refractivity contribution in [3.63, 3.8) is 0 Å². The first kappa shape index (κ1) is 20.5. The molecule has 0 unspecified atom stereocenters. The smallest absolute Gasteiger partial charge is 0.343 e. The third-order valence-electron chi connectivity index (χ3n) is 4.45. The molecule has 7 nitrogen and oxygen atoms in total. The molecular formula is C22H12ClFNO6-. The fourth-order valence-electron chi connectivity index (χ4n) is 2.90. The SMILES string of the molecule is O=C(Oc1ccc2c(c1)OC(=Cc1c(F)cccc1Cl)C2=O)c1ccc(N([O-])O)cc1. The predicted octanol–water partition coefficient (Wildman–Crippen LogP) is 5.01. The minimum absolute atomic E-state index is 0.0231. The summed E-state index contributed by atoms with van der Waals surface area (Å²) in [5, 5.41) is 19.4. The zero-order valence-corrected chi connectivity index (χ0v) is 16.3. The summed E-state index contributed by atoms with van der Waals surface area (Å²) in [4.78, 5) is 24.8. The first-order valence-electron chi connectivity index (χ1n) is 8.84. The standard InChI is InChI=1S/C22H12ClFNO6/c23-17-2-1-3-18(24)16(17)11-20-21(26)15-9-8-14(10-19(15)31-20)30-22(27)12-4-6-13(7-5-12)25(28)29/h1-11,28H/q-1. The third kappa shape index (κ3) is 4.13. The molecule has 0 bridgehead atoms. The van der Waals surface area contributed by atoms with Crippen molar-refractivity contribution in [3.8, 4) is 11.5 Å². The van der Waals surface area contributed by atoms with Crippen LogP contribution in [0.5, 0.6) is 11.5 Å². The summed E-state index contributed by atoms with van der Waals surface area (Å²) >= 11 is 5.99. The van der Waals surface area contributed by atoms with Gasteiger partial charge in [0.1, 0.15) is 17.3 Å². The molecule has 1 aliphatic rings. The highest BCUT2D eigenvalue weighted by atomic mass is 35.5. The van der Waals surface area contributed by atoms with E-state index in [9.17, 15) is 19.2 Å². The summed E-state index contributed by atoms with van der Waals surface area (Å²) in [6, 6.07) is 13.5. The summed E-state index contributed by atoms with van der Waals surface area (Å²) in [5.74, 6) is -1.65. The lowest BCUT2D eigenvalue weighted by Gasteiger charge is -2.21. The van der Waals surface area contributed by atoms with Gasteiger partial charge in [0.15, 0.2) is 5.76 Å². The van der Waals surface area contributed by atoms with Gasteiger partial charge in [-0.05, 0) is 54.6 Å². The zero-order chi connectivity index (χ0) is 22.1. The monoisotopic (exact) mass is 440 g/mol. The number of ketones is 1. The van der Waals surface area contributed by atoms with Crippen molar-refractivity contribution in [3.05, 3.63) is 99.2 Å². The molecule has 0 atom stereocenters. The number of Topliss-reactive ketones (excluding diaryl/α,β-unsaturated/α-hetero) is 1. The van der Waals surface area contributed by atoms with Crippen molar-refractivity contribution in [1.82, 2.24) is 0 Å². The van der Waals surface area contributed by atoms with Crippen LogP contribution in [0.4, 0.5) is 10.1 Å². The van der Waals surface area contributed by atoms with Gasteiger partial charge in [0.25, 0.3) is 0 Å². The number of fused-ring (bicyclic) bond motifs is 1. The van der Waals surface area contributed by atoms with Gasteiger partial charge in [0.2, 0.25) is 5.78 Å². The molecule has 3 aromatic rings. The number of ether oxygens (including phenoxy) is 2. The van der Waals surface area contributed by atoms with E-state index in [4.69, 9.17) is 26.3 Å². The van der Waals surface area contributed by atoms with Crippen LogP contribution in [0, 0.1) is 11.0 Å². The van der Waals surface area contributed by atoms with E-state index in [2.05, 4.69) is 0 Å². The summed E-state index contributed by atoms with van der Waals surface area (Å²) < 4.78 is 24.8. The van der Waals surface area contributed by atoms with E-state index in [1.807, 2.05) is 0 Å². The van der Waals surface area contributed by atoms with Crippen LogP contribution in [0.15, 0.2) is 66.4 Å². The van der Waals surface area contributed by atoms with Crippen LogP contribution in [0.25, 0.3) is 6.08 Å². The maximum atomic E-state index is 14.0. The molecule has 0 spiro atoms. The van der Waals surface area contributed by atoms with E-state index < -0.39 is 17.6 Å². The van der Waals surface area contributed by atoms with Crippen LogP contribution in [0.1, 0.15) is 26.3 Å². The van der Waals surface area contributed by atoms with Crippen molar-refractivity contribution >= 4 is 35.1 Å². The van der Waals surface area contributed by atoms with Crippen LogP contribution >= 0.6 is 11.6 Å². The van der Waals surface area contributed by atoms with Gasteiger partial charge in [0, 0.05) is 11.6 Å². The van der Waals surface area contributed by atoms with Gasteiger partial charge >= 0.3 is 5.97 Å². The molecule has 0 saturated carbocycles. The van der Waals surface area contributed by atoms with Gasteiger partial charge in [-0.3, -0.25) is 10.0 Å². The molecule has 3 aromatic carbocycles. The fraction of sp³-hybridized carbons (Fsp3) is 0. The number of esters is 1. The molecule has 4 rings (SSSR count). The number of hydrogen-bond donors (Lipinski definition) is 1. The van der Waals surface area contributed by atoms with Gasteiger partial charge in [-0.15, -0.1) is 0 Å². The summed E-state index contributed by atoms with van der Waals surface area (Å²) in [7, 11) is 0. The van der Waals surface area contributed by atoms with Crippen molar-refractivity contribution in [2.24, 2.45) is 0 Å². The number of nitrogens with zero attached hydrogens (tertiary/aromatic N) is 1. The van der Waals surface area contributed by atoms with Crippen LogP contribution < -0.4 is 14.7 Å². The van der Waals surface area contributed by atoms with Gasteiger partial charge in [-0.25, -0.2) is 9.18 Å². The normalized spacial score (nSPS) is 13.7. The van der Waals surface area contributed by atoms with E-state index >= 15 is 0 Å². The lowest BCUT2D eigenvalue weighted by molar-refractivity contribution is 0.0734. The quantitative estimate of drug-likeness (QED) is 0.263. The minimum atomic E-state index is -0.722. The first-order chi connectivity index (χ1) is 14.8. The van der Waals surface area contributed by atoms with Crippen molar-refractivity contribution in [2.45, 2.75) is 0 Å². The summed E-state index contributed by atoms with van der Waals surface area (Å²) in [6.45, 7) is 0. The predicted molar refractivity (Wildman–Crippen MR) is 110 cm³/mol. The number of rotatable bonds is 4. The largest absolute Gasteiger partial charge is 0.733 e. The maximum Gasteiger partial charge on any atom is 0.343 e. The molecule has 1 aliphatic heterocycles. The summed E-state index contributed by atoms with van der Waals surface area (Å²) in [6.07, 6.45) is 1.22. The number of allylic oxidation sites excluding steroid dienone is 1. The van der Waals surface area contributed by atoms with Gasteiger partial charge < -0.3 is 19.9 Å². The molecule has 9 heteroatoms. The Morgan fingerprint density at radius 3 is 2.58 bits per heavy atom. The number of hydrogen-bond acceptors (Lipinski definition) is 7. The Hall–Kier alpha value is -3.72. The van der Waals surface area contributed by atoms with E-state index in [-0.39, 0.29) is 49.9 Å². The topological polar surface area (TPSA) is 99.1 Å². The highest BCUT2D eigenvalue weighted by molar-refractivity contribution is 6.32. The third-order valence-corrected chi connectivity index (χ3v) is 4.78. The van der Waals surface area contributed by atoms with Gasteiger partial charge in [-0.2, -0.15) is 0 Å².